The lowest BCUT2D eigenvalue weighted by Crippen LogP contribution is -2.45. The van der Waals surface area contributed by atoms with E-state index in [2.05, 4.69) is 0 Å². The van der Waals surface area contributed by atoms with Crippen LogP contribution in [-0.2, 0) is 10.2 Å². The first-order valence-electron chi connectivity index (χ1n) is 5.61. The smallest absolute Gasteiger partial charge is 0.315 e. The summed E-state index contributed by atoms with van der Waals surface area (Å²) in [6, 6.07) is 7.26. The van der Waals surface area contributed by atoms with E-state index in [0.29, 0.717) is 5.56 Å². The van der Waals surface area contributed by atoms with E-state index in [9.17, 15) is 15.0 Å². The van der Waals surface area contributed by atoms with Crippen molar-refractivity contribution in [3.8, 4) is 0 Å². The van der Waals surface area contributed by atoms with Gasteiger partial charge in [-0.2, -0.15) is 0 Å². The molecule has 0 aliphatic rings. The molecule has 0 radical (unpaired) electrons. The molecule has 2 unspecified atom stereocenters. The number of aryl methyl sites for hydroxylation is 1. The standard InChI is InChI=1S/C13H19NO3/c1-9-5-3-4-6-11(9)13(8-14,12(16)17)7-10(2)15/h3-6,10,15H,7-8,14H2,1-2H3,(H,16,17). The summed E-state index contributed by atoms with van der Waals surface area (Å²) in [5.74, 6) is -0.991. The molecule has 0 aromatic heterocycles. The molecule has 1 aromatic rings. The van der Waals surface area contributed by atoms with Crippen molar-refractivity contribution in [1.29, 1.82) is 0 Å². The van der Waals surface area contributed by atoms with Gasteiger partial charge in [0.2, 0.25) is 0 Å². The zero-order valence-electron chi connectivity index (χ0n) is 10.2. The minimum Gasteiger partial charge on any atom is -0.481 e. The Morgan fingerprint density at radius 1 is 1.47 bits per heavy atom. The fraction of sp³-hybridized carbons (Fsp3) is 0.462. The molecule has 4 N–H and O–H groups in total. The van der Waals surface area contributed by atoms with Crippen LogP contribution in [0.2, 0.25) is 0 Å². The van der Waals surface area contributed by atoms with Crippen LogP contribution < -0.4 is 5.73 Å². The fourth-order valence-corrected chi connectivity index (χ4v) is 2.21. The van der Waals surface area contributed by atoms with Gasteiger partial charge >= 0.3 is 5.97 Å². The van der Waals surface area contributed by atoms with E-state index in [1.165, 1.54) is 0 Å². The van der Waals surface area contributed by atoms with Crippen molar-refractivity contribution >= 4 is 5.97 Å². The normalized spacial score (nSPS) is 16.2. The Bertz CT molecular complexity index is 403. The maximum Gasteiger partial charge on any atom is 0.315 e. The quantitative estimate of drug-likeness (QED) is 0.714. The second kappa shape index (κ2) is 5.29. The highest BCUT2D eigenvalue weighted by atomic mass is 16.4. The van der Waals surface area contributed by atoms with Gasteiger partial charge < -0.3 is 15.9 Å². The van der Waals surface area contributed by atoms with Crippen molar-refractivity contribution in [3.63, 3.8) is 0 Å². The molecule has 0 aliphatic carbocycles. The van der Waals surface area contributed by atoms with Crippen LogP contribution in [0.3, 0.4) is 0 Å². The topological polar surface area (TPSA) is 83.5 Å². The predicted octanol–water partition coefficient (Wildman–Crippen LogP) is 1.05. The number of nitrogens with two attached hydrogens (primary N) is 1. The molecule has 0 saturated carbocycles. The molecule has 0 bridgehead atoms. The monoisotopic (exact) mass is 237 g/mol. The Labute approximate surface area is 101 Å². The summed E-state index contributed by atoms with van der Waals surface area (Å²) >= 11 is 0. The van der Waals surface area contributed by atoms with E-state index in [1.807, 2.05) is 19.1 Å². The van der Waals surface area contributed by atoms with Gasteiger partial charge in [-0.3, -0.25) is 4.79 Å². The molecular weight excluding hydrogens is 218 g/mol. The highest BCUT2D eigenvalue weighted by Gasteiger charge is 2.41. The van der Waals surface area contributed by atoms with Crippen molar-refractivity contribution in [2.24, 2.45) is 5.73 Å². The molecular formula is C13H19NO3. The summed E-state index contributed by atoms with van der Waals surface area (Å²) in [5, 5.41) is 19.0. The second-order valence-corrected chi connectivity index (χ2v) is 4.46. The van der Waals surface area contributed by atoms with Gasteiger partial charge in [-0.25, -0.2) is 0 Å². The van der Waals surface area contributed by atoms with Gasteiger partial charge in [0.05, 0.1) is 6.10 Å². The molecule has 0 aliphatic heterocycles. The third kappa shape index (κ3) is 2.65. The third-order valence-corrected chi connectivity index (χ3v) is 3.06. The average molecular weight is 237 g/mol. The molecule has 0 fully saturated rings. The van der Waals surface area contributed by atoms with Crippen molar-refractivity contribution < 1.29 is 15.0 Å². The number of carboxylic acid groups (broad SMARTS) is 1. The highest BCUT2D eigenvalue weighted by molar-refractivity contribution is 5.82. The van der Waals surface area contributed by atoms with E-state index < -0.39 is 17.5 Å². The lowest BCUT2D eigenvalue weighted by atomic mass is 9.74. The first-order chi connectivity index (χ1) is 7.94. The summed E-state index contributed by atoms with van der Waals surface area (Å²) in [5.41, 5.74) is 6.01. The number of carbonyl (C=O) groups is 1. The summed E-state index contributed by atoms with van der Waals surface area (Å²) in [6.07, 6.45) is -0.599. The van der Waals surface area contributed by atoms with Crippen molar-refractivity contribution in [2.75, 3.05) is 6.54 Å². The second-order valence-electron chi connectivity index (χ2n) is 4.46. The zero-order chi connectivity index (χ0) is 13.1. The third-order valence-electron chi connectivity index (χ3n) is 3.06. The van der Waals surface area contributed by atoms with E-state index in [-0.39, 0.29) is 13.0 Å². The summed E-state index contributed by atoms with van der Waals surface area (Å²) in [4.78, 5) is 11.5. The minimum atomic E-state index is -1.21. The first kappa shape index (κ1) is 13.7. The number of aliphatic carboxylic acids is 1. The lowest BCUT2D eigenvalue weighted by molar-refractivity contribution is -0.144. The maximum atomic E-state index is 11.5. The molecule has 0 amide bonds. The van der Waals surface area contributed by atoms with Gasteiger partial charge in [0.15, 0.2) is 0 Å². The molecule has 4 nitrogen and oxygen atoms in total. The van der Waals surface area contributed by atoms with Crippen LogP contribution in [-0.4, -0.2) is 28.8 Å². The van der Waals surface area contributed by atoms with E-state index in [1.54, 1.807) is 19.1 Å². The van der Waals surface area contributed by atoms with Gasteiger partial charge in [-0.1, -0.05) is 24.3 Å². The Morgan fingerprint density at radius 3 is 2.47 bits per heavy atom. The Morgan fingerprint density at radius 2 is 2.06 bits per heavy atom. The molecule has 94 valence electrons. The van der Waals surface area contributed by atoms with Crippen LogP contribution in [0.5, 0.6) is 0 Å². The molecule has 17 heavy (non-hydrogen) atoms. The number of hydrogen-bond donors (Lipinski definition) is 3. The first-order valence-corrected chi connectivity index (χ1v) is 5.61. The predicted molar refractivity (Wildman–Crippen MR) is 65.8 cm³/mol. The Hall–Kier alpha value is -1.39. The van der Waals surface area contributed by atoms with Crippen LogP contribution >= 0.6 is 0 Å². The van der Waals surface area contributed by atoms with E-state index in [4.69, 9.17) is 5.73 Å². The molecule has 0 heterocycles. The molecule has 0 saturated heterocycles. The Balaban J connectivity index is 3.32. The number of rotatable bonds is 5. The van der Waals surface area contributed by atoms with Gasteiger partial charge in [0.25, 0.3) is 0 Å². The fourth-order valence-electron chi connectivity index (χ4n) is 2.21. The van der Waals surface area contributed by atoms with Crippen molar-refractivity contribution in [2.45, 2.75) is 31.8 Å². The summed E-state index contributed by atoms with van der Waals surface area (Å²) in [6.45, 7) is 3.40. The number of aliphatic hydroxyl groups excluding tert-OH is 1. The van der Waals surface area contributed by atoms with Gasteiger partial charge in [0.1, 0.15) is 5.41 Å². The molecule has 1 aromatic carbocycles. The van der Waals surface area contributed by atoms with Gasteiger partial charge in [-0.05, 0) is 31.4 Å². The number of benzene rings is 1. The number of carboxylic acids is 1. The summed E-state index contributed by atoms with van der Waals surface area (Å²) < 4.78 is 0. The van der Waals surface area contributed by atoms with Crippen molar-refractivity contribution in [3.05, 3.63) is 35.4 Å². The molecule has 1 rings (SSSR count). The molecule has 4 heteroatoms. The van der Waals surface area contributed by atoms with Crippen LogP contribution in [0, 0.1) is 6.92 Å². The zero-order valence-corrected chi connectivity index (χ0v) is 10.2. The maximum absolute atomic E-state index is 11.5. The minimum absolute atomic E-state index is 0.0297. The van der Waals surface area contributed by atoms with Crippen LogP contribution in [0.4, 0.5) is 0 Å². The van der Waals surface area contributed by atoms with Crippen LogP contribution in [0.15, 0.2) is 24.3 Å². The molecule has 2 atom stereocenters. The van der Waals surface area contributed by atoms with Crippen LogP contribution in [0.25, 0.3) is 0 Å². The van der Waals surface area contributed by atoms with Crippen molar-refractivity contribution in [1.82, 2.24) is 0 Å². The van der Waals surface area contributed by atoms with Crippen LogP contribution in [0.1, 0.15) is 24.5 Å². The number of hydrogen-bond acceptors (Lipinski definition) is 3. The Kier molecular flexibility index (Phi) is 4.26. The summed E-state index contributed by atoms with van der Waals surface area (Å²) in [7, 11) is 0. The average Bonchev–Trinajstić information content (AvgIpc) is 2.26. The molecule has 0 spiro atoms. The van der Waals surface area contributed by atoms with E-state index >= 15 is 0 Å². The largest absolute Gasteiger partial charge is 0.481 e. The SMILES string of the molecule is Cc1ccccc1C(CN)(CC(C)O)C(=O)O. The van der Waals surface area contributed by atoms with E-state index in [0.717, 1.165) is 5.56 Å². The van der Waals surface area contributed by atoms with Gasteiger partial charge in [0, 0.05) is 6.54 Å². The lowest BCUT2D eigenvalue weighted by Gasteiger charge is -2.31. The number of aliphatic hydroxyl groups is 1. The highest BCUT2D eigenvalue weighted by Crippen LogP contribution is 2.31. The van der Waals surface area contributed by atoms with Gasteiger partial charge in [-0.15, -0.1) is 0 Å².